The average Bonchev–Trinajstić information content (AvgIpc) is 3.05. The highest BCUT2D eigenvalue weighted by Crippen LogP contribution is 2.23. The second-order valence-electron chi connectivity index (χ2n) is 8.28. The van der Waals surface area contributed by atoms with Crippen LogP contribution in [0.4, 0.5) is 11.4 Å². The highest BCUT2D eigenvalue weighted by molar-refractivity contribution is 7.89. The number of nitrogens with zero attached hydrogens (tertiary/aromatic N) is 2. The molecule has 0 atom stereocenters. The van der Waals surface area contributed by atoms with E-state index in [-0.39, 0.29) is 18.2 Å². The fourth-order valence-electron chi connectivity index (χ4n) is 4.12. The first-order valence-electron chi connectivity index (χ1n) is 10.7. The number of benzene rings is 2. The molecule has 4 rings (SSSR count). The molecule has 0 saturated heterocycles. The van der Waals surface area contributed by atoms with E-state index in [4.69, 9.17) is 0 Å². The first kappa shape index (κ1) is 21.4. The molecular weight excluding hydrogens is 412 g/mol. The molecule has 164 valence electrons. The summed E-state index contributed by atoms with van der Waals surface area (Å²) in [6.07, 6.45) is 7.44. The summed E-state index contributed by atoms with van der Waals surface area (Å²) in [5, 5.41) is 6.47. The third-order valence-electron chi connectivity index (χ3n) is 5.57. The van der Waals surface area contributed by atoms with E-state index in [0.717, 1.165) is 11.2 Å². The van der Waals surface area contributed by atoms with Crippen molar-refractivity contribution in [2.45, 2.75) is 50.4 Å². The zero-order valence-electron chi connectivity index (χ0n) is 17.7. The van der Waals surface area contributed by atoms with E-state index < -0.39 is 9.84 Å². The Balaban J connectivity index is 1.45. The van der Waals surface area contributed by atoms with Gasteiger partial charge in [-0.3, -0.25) is 4.79 Å². The summed E-state index contributed by atoms with van der Waals surface area (Å²) >= 11 is 0. The summed E-state index contributed by atoms with van der Waals surface area (Å²) in [5.74, 6) is -0.0759. The molecule has 1 amide bonds. The predicted molar refractivity (Wildman–Crippen MR) is 124 cm³/mol. The number of nitrogens with one attached hydrogen (secondary N) is 2. The van der Waals surface area contributed by atoms with Crippen molar-refractivity contribution in [2.75, 3.05) is 16.9 Å². The molecule has 1 saturated carbocycles. The van der Waals surface area contributed by atoms with Crippen LogP contribution in [0, 0.1) is 0 Å². The van der Waals surface area contributed by atoms with Crippen LogP contribution < -0.4 is 10.6 Å². The van der Waals surface area contributed by atoms with Crippen molar-refractivity contribution < 1.29 is 13.2 Å². The van der Waals surface area contributed by atoms with Gasteiger partial charge in [-0.25, -0.2) is 13.4 Å². The minimum absolute atomic E-state index is 0.00651. The van der Waals surface area contributed by atoms with E-state index in [1.165, 1.54) is 38.4 Å². The number of para-hydroxylation sites is 2. The van der Waals surface area contributed by atoms with Gasteiger partial charge in [0.05, 0.1) is 11.0 Å². The lowest BCUT2D eigenvalue weighted by molar-refractivity contribution is -0.116. The number of anilines is 2. The first-order chi connectivity index (χ1) is 14.9. The number of carbonyl (C=O) groups is 1. The van der Waals surface area contributed by atoms with Gasteiger partial charge in [-0.15, -0.1) is 0 Å². The third kappa shape index (κ3) is 5.64. The van der Waals surface area contributed by atoms with Crippen molar-refractivity contribution in [1.29, 1.82) is 0 Å². The molecule has 3 aromatic rings. The van der Waals surface area contributed by atoms with Crippen LogP contribution in [0.15, 0.2) is 48.5 Å². The van der Waals surface area contributed by atoms with Crippen LogP contribution >= 0.6 is 0 Å². The van der Waals surface area contributed by atoms with E-state index in [0.29, 0.717) is 23.1 Å². The van der Waals surface area contributed by atoms with Gasteiger partial charge in [-0.1, -0.05) is 31.4 Å². The Morgan fingerprint density at radius 3 is 2.42 bits per heavy atom. The highest BCUT2D eigenvalue weighted by Gasteiger charge is 2.17. The van der Waals surface area contributed by atoms with Gasteiger partial charge in [-0.05, 0) is 49.2 Å². The van der Waals surface area contributed by atoms with Gasteiger partial charge < -0.3 is 15.2 Å². The summed E-state index contributed by atoms with van der Waals surface area (Å²) in [7, 11) is -3.28. The highest BCUT2D eigenvalue weighted by atomic mass is 32.2. The van der Waals surface area contributed by atoms with Crippen molar-refractivity contribution in [3.8, 4) is 0 Å². The molecule has 2 N–H and O–H groups in total. The van der Waals surface area contributed by atoms with Crippen LogP contribution in [0.5, 0.6) is 0 Å². The Morgan fingerprint density at radius 1 is 1.03 bits per heavy atom. The van der Waals surface area contributed by atoms with E-state index in [1.54, 1.807) is 4.57 Å². The van der Waals surface area contributed by atoms with Gasteiger partial charge in [0, 0.05) is 23.7 Å². The molecule has 7 nitrogen and oxygen atoms in total. The summed E-state index contributed by atoms with van der Waals surface area (Å²) in [6, 6.07) is 15.6. The van der Waals surface area contributed by atoms with Gasteiger partial charge in [0.25, 0.3) is 0 Å². The quantitative estimate of drug-likeness (QED) is 0.580. The standard InChI is InChI=1S/C23H28N4O3S/c1-31(29,30)16-22-26-20-9-5-6-10-21(20)27(22)15-23(28)25-19-13-11-18(12-14-19)24-17-7-3-2-4-8-17/h5-6,9-14,17,24H,2-4,7-8,15-16H2,1H3,(H,25,28). The van der Waals surface area contributed by atoms with E-state index in [9.17, 15) is 13.2 Å². The largest absolute Gasteiger partial charge is 0.382 e. The fraction of sp³-hybridized carbons (Fsp3) is 0.391. The van der Waals surface area contributed by atoms with Crippen molar-refractivity contribution in [3.63, 3.8) is 0 Å². The molecule has 0 unspecified atom stereocenters. The van der Waals surface area contributed by atoms with Crippen molar-refractivity contribution in [1.82, 2.24) is 9.55 Å². The van der Waals surface area contributed by atoms with E-state index in [1.807, 2.05) is 48.5 Å². The van der Waals surface area contributed by atoms with E-state index >= 15 is 0 Å². The predicted octanol–water partition coefficient (Wildman–Crippen LogP) is 3.96. The third-order valence-corrected chi connectivity index (χ3v) is 6.35. The minimum Gasteiger partial charge on any atom is -0.382 e. The van der Waals surface area contributed by atoms with Crippen LogP contribution in [-0.2, 0) is 26.9 Å². The van der Waals surface area contributed by atoms with Gasteiger partial charge in [-0.2, -0.15) is 0 Å². The molecule has 1 heterocycles. The molecule has 0 aliphatic heterocycles. The number of aromatic nitrogens is 2. The van der Waals surface area contributed by atoms with Crippen LogP contribution in [0.3, 0.4) is 0 Å². The maximum Gasteiger partial charge on any atom is 0.244 e. The number of hydrogen-bond donors (Lipinski definition) is 2. The Hall–Kier alpha value is -2.87. The SMILES string of the molecule is CS(=O)(=O)Cc1nc2ccccc2n1CC(=O)Nc1ccc(NC2CCCCC2)cc1. The number of fused-ring (bicyclic) bond motifs is 1. The zero-order chi connectivity index (χ0) is 21.8. The second-order valence-corrected chi connectivity index (χ2v) is 10.4. The Bertz CT molecular complexity index is 1160. The number of sulfone groups is 1. The summed E-state index contributed by atoms with van der Waals surface area (Å²) in [6.45, 7) is -0.00651. The molecular formula is C23H28N4O3S. The summed E-state index contributed by atoms with van der Waals surface area (Å²) in [4.78, 5) is 17.1. The minimum atomic E-state index is -3.28. The Labute approximate surface area is 182 Å². The molecule has 31 heavy (non-hydrogen) atoms. The first-order valence-corrected chi connectivity index (χ1v) is 12.7. The number of carbonyl (C=O) groups excluding carboxylic acids is 1. The van der Waals surface area contributed by atoms with Crippen molar-refractivity contribution >= 4 is 38.2 Å². The monoisotopic (exact) mass is 440 g/mol. The number of amides is 1. The average molecular weight is 441 g/mol. The van der Waals surface area contributed by atoms with Crippen molar-refractivity contribution in [3.05, 3.63) is 54.4 Å². The summed E-state index contributed by atoms with van der Waals surface area (Å²) in [5.41, 5.74) is 3.17. The maximum absolute atomic E-state index is 12.7. The zero-order valence-corrected chi connectivity index (χ0v) is 18.5. The van der Waals surface area contributed by atoms with Crippen LogP contribution in [0.1, 0.15) is 37.9 Å². The van der Waals surface area contributed by atoms with Crippen LogP contribution in [-0.4, -0.2) is 36.2 Å². The molecule has 0 spiro atoms. The molecule has 1 fully saturated rings. The number of imidazole rings is 1. The lowest BCUT2D eigenvalue weighted by Crippen LogP contribution is -2.22. The molecule has 2 aromatic carbocycles. The van der Waals surface area contributed by atoms with E-state index in [2.05, 4.69) is 15.6 Å². The molecule has 1 aromatic heterocycles. The molecule has 0 bridgehead atoms. The second kappa shape index (κ2) is 9.09. The summed E-state index contributed by atoms with van der Waals surface area (Å²) < 4.78 is 25.3. The lowest BCUT2D eigenvalue weighted by atomic mass is 9.95. The number of rotatable bonds is 7. The maximum atomic E-state index is 12.7. The molecule has 1 aliphatic rings. The van der Waals surface area contributed by atoms with Gasteiger partial charge in [0.2, 0.25) is 5.91 Å². The molecule has 8 heteroatoms. The Kier molecular flexibility index (Phi) is 6.27. The van der Waals surface area contributed by atoms with Gasteiger partial charge in [0.15, 0.2) is 9.84 Å². The van der Waals surface area contributed by atoms with Crippen LogP contribution in [0.2, 0.25) is 0 Å². The molecule has 1 aliphatic carbocycles. The van der Waals surface area contributed by atoms with Gasteiger partial charge >= 0.3 is 0 Å². The fourth-order valence-corrected chi connectivity index (χ4v) is 4.81. The normalized spacial score (nSPS) is 15.1. The number of hydrogen-bond acceptors (Lipinski definition) is 5. The van der Waals surface area contributed by atoms with Crippen LogP contribution in [0.25, 0.3) is 11.0 Å². The smallest absolute Gasteiger partial charge is 0.244 e. The van der Waals surface area contributed by atoms with Gasteiger partial charge in [0.1, 0.15) is 18.1 Å². The molecule has 0 radical (unpaired) electrons. The topological polar surface area (TPSA) is 93.1 Å². The Morgan fingerprint density at radius 2 is 1.71 bits per heavy atom. The van der Waals surface area contributed by atoms with Crippen molar-refractivity contribution in [2.24, 2.45) is 0 Å². The lowest BCUT2D eigenvalue weighted by Gasteiger charge is -2.23.